The van der Waals surface area contributed by atoms with Gasteiger partial charge >= 0.3 is 5.97 Å². The summed E-state index contributed by atoms with van der Waals surface area (Å²) in [6.07, 6.45) is 0.392. The van der Waals surface area contributed by atoms with E-state index >= 15 is 0 Å². The molecule has 0 aromatic heterocycles. The molecule has 1 aliphatic rings. The van der Waals surface area contributed by atoms with Crippen LogP contribution in [0.25, 0.3) is 0 Å². The van der Waals surface area contributed by atoms with E-state index < -0.39 is 5.97 Å². The zero-order valence-corrected chi connectivity index (χ0v) is 7.47. The van der Waals surface area contributed by atoms with Crippen molar-refractivity contribution in [3.05, 3.63) is 29.8 Å². The molecule has 0 N–H and O–H groups in total. The Bertz CT molecular complexity index is 419. The first kappa shape index (κ1) is 8.19. The van der Waals surface area contributed by atoms with Crippen LogP contribution in [-0.2, 0) is 22.5 Å². The van der Waals surface area contributed by atoms with Crippen molar-refractivity contribution in [1.29, 1.82) is 0 Å². The van der Waals surface area contributed by atoms with E-state index in [2.05, 4.69) is 0 Å². The van der Waals surface area contributed by atoms with Crippen molar-refractivity contribution in [2.24, 2.45) is 0 Å². The van der Waals surface area contributed by atoms with Gasteiger partial charge in [0, 0.05) is 12.0 Å². The summed E-state index contributed by atoms with van der Waals surface area (Å²) in [5.41, 5.74) is 0.889. The highest BCUT2D eigenvalue weighted by molar-refractivity contribution is 7.68. The Morgan fingerprint density at radius 2 is 2.08 bits per heavy atom. The second-order valence-electron chi connectivity index (χ2n) is 2.68. The van der Waals surface area contributed by atoms with Crippen molar-refractivity contribution >= 4 is 22.1 Å². The predicted octanol–water partition coefficient (Wildman–Crippen LogP) is 0.533. The van der Waals surface area contributed by atoms with Gasteiger partial charge in [0.2, 0.25) is 0 Å². The van der Waals surface area contributed by atoms with Crippen LogP contribution in [-0.4, -0.2) is 15.0 Å². The molecule has 0 bridgehead atoms. The van der Waals surface area contributed by atoms with Crippen molar-refractivity contribution in [1.82, 2.24) is 0 Å². The van der Waals surface area contributed by atoms with Crippen LogP contribution < -0.4 is 4.74 Å². The van der Waals surface area contributed by atoms with E-state index in [1.165, 1.54) is 0 Å². The van der Waals surface area contributed by atoms with E-state index in [-0.39, 0.29) is 16.1 Å². The molecule has 4 heteroatoms. The van der Waals surface area contributed by atoms with E-state index in [4.69, 9.17) is 4.74 Å². The van der Waals surface area contributed by atoms with Crippen LogP contribution in [0.15, 0.2) is 24.3 Å². The van der Waals surface area contributed by atoms with Crippen molar-refractivity contribution < 1.29 is 13.7 Å². The van der Waals surface area contributed by atoms with Crippen LogP contribution in [0.4, 0.5) is 0 Å². The number of hydrogen-bond donors (Lipinski definition) is 0. The molecule has 0 fully saturated rings. The molecular formula is C9H6O3S. The molecular weight excluding hydrogens is 188 g/mol. The maximum atomic E-state index is 11.1. The summed E-state index contributed by atoms with van der Waals surface area (Å²) >= 11 is 0.210. The van der Waals surface area contributed by atoms with Gasteiger partial charge in [-0.1, -0.05) is 18.2 Å². The number of hydrogen-bond acceptors (Lipinski definition) is 3. The average molecular weight is 194 g/mol. The molecule has 0 atom stereocenters. The smallest absolute Gasteiger partial charge is 0.353 e. The SMILES string of the molecule is O=S=C1Cc2ccccc2OC1=O. The number of carbonyl (C=O) groups excluding carboxylic acids is 1. The molecule has 0 aliphatic carbocycles. The Morgan fingerprint density at radius 3 is 2.85 bits per heavy atom. The van der Waals surface area contributed by atoms with Gasteiger partial charge in [0.1, 0.15) is 21.9 Å². The lowest BCUT2D eigenvalue weighted by Crippen LogP contribution is -2.27. The summed E-state index contributed by atoms with van der Waals surface area (Å²) in [5, 5.41) is 0. The van der Waals surface area contributed by atoms with E-state index in [9.17, 15) is 9.00 Å². The van der Waals surface area contributed by atoms with Gasteiger partial charge in [0.15, 0.2) is 0 Å². The molecule has 1 aromatic carbocycles. The maximum Gasteiger partial charge on any atom is 0.353 e. The third-order valence-corrected chi connectivity index (χ3v) is 2.37. The minimum absolute atomic E-state index is 0.210. The fraction of sp³-hybridized carbons (Fsp3) is 0.111. The highest BCUT2D eigenvalue weighted by Crippen LogP contribution is 2.22. The minimum atomic E-state index is -0.515. The Morgan fingerprint density at radius 1 is 1.31 bits per heavy atom. The van der Waals surface area contributed by atoms with Gasteiger partial charge in [-0.05, 0) is 6.07 Å². The van der Waals surface area contributed by atoms with Crippen LogP contribution in [0.2, 0.25) is 0 Å². The number of fused-ring (bicyclic) bond motifs is 1. The number of esters is 1. The standard InChI is InChI=1S/C9H6O3S/c10-9-8(13-11)5-6-3-1-2-4-7(6)12-9/h1-4H,5H2. The molecule has 1 aliphatic heterocycles. The molecule has 0 amide bonds. The highest BCUT2D eigenvalue weighted by Gasteiger charge is 2.22. The molecule has 0 unspecified atom stereocenters. The Labute approximate surface area is 78.4 Å². The van der Waals surface area contributed by atoms with Crippen molar-refractivity contribution in [2.45, 2.75) is 6.42 Å². The zero-order valence-electron chi connectivity index (χ0n) is 6.65. The summed E-state index contributed by atoms with van der Waals surface area (Å²) in [5.74, 6) is 0.0454. The quantitative estimate of drug-likeness (QED) is 0.344. The van der Waals surface area contributed by atoms with E-state index in [1.54, 1.807) is 12.1 Å². The lowest BCUT2D eigenvalue weighted by atomic mass is 10.1. The summed E-state index contributed by atoms with van der Waals surface area (Å²) in [6, 6.07) is 7.21. The fourth-order valence-electron chi connectivity index (χ4n) is 1.21. The first-order chi connectivity index (χ1) is 6.31. The molecule has 0 saturated heterocycles. The Hall–Kier alpha value is -1.42. The van der Waals surface area contributed by atoms with E-state index in [1.807, 2.05) is 12.1 Å². The Kier molecular flexibility index (Phi) is 1.98. The van der Waals surface area contributed by atoms with Gasteiger partial charge in [0.25, 0.3) is 0 Å². The van der Waals surface area contributed by atoms with Gasteiger partial charge in [-0.15, -0.1) is 0 Å². The fourth-order valence-corrected chi connectivity index (χ4v) is 1.54. The number of ether oxygens (including phenoxy) is 1. The van der Waals surface area contributed by atoms with Gasteiger partial charge in [-0.2, -0.15) is 0 Å². The first-order valence-electron chi connectivity index (χ1n) is 3.77. The zero-order chi connectivity index (χ0) is 9.26. The topological polar surface area (TPSA) is 43.4 Å². The molecule has 13 heavy (non-hydrogen) atoms. The maximum absolute atomic E-state index is 11.1. The molecule has 2 rings (SSSR count). The molecule has 3 nitrogen and oxygen atoms in total. The van der Waals surface area contributed by atoms with Crippen LogP contribution in [0, 0.1) is 0 Å². The summed E-state index contributed by atoms with van der Waals surface area (Å²) in [4.78, 5) is 11.3. The largest absolute Gasteiger partial charge is 0.422 e. The van der Waals surface area contributed by atoms with Crippen LogP contribution in [0.5, 0.6) is 5.75 Å². The van der Waals surface area contributed by atoms with Crippen molar-refractivity contribution in [3.63, 3.8) is 0 Å². The summed E-state index contributed by atoms with van der Waals surface area (Å²) < 4.78 is 15.4. The average Bonchev–Trinajstić information content (AvgIpc) is 2.17. The second-order valence-corrected chi connectivity index (χ2v) is 3.34. The van der Waals surface area contributed by atoms with Gasteiger partial charge < -0.3 is 4.74 Å². The Balaban J connectivity index is 2.50. The van der Waals surface area contributed by atoms with Crippen molar-refractivity contribution in [2.75, 3.05) is 0 Å². The lowest BCUT2D eigenvalue weighted by Gasteiger charge is -2.14. The molecule has 0 radical (unpaired) electrons. The van der Waals surface area contributed by atoms with Crippen molar-refractivity contribution in [3.8, 4) is 5.75 Å². The summed E-state index contributed by atoms with van der Waals surface area (Å²) in [6.45, 7) is 0. The van der Waals surface area contributed by atoms with Crippen LogP contribution >= 0.6 is 0 Å². The third-order valence-electron chi connectivity index (χ3n) is 1.85. The number of benzene rings is 1. The molecule has 0 spiro atoms. The van der Waals surface area contributed by atoms with Crippen LogP contribution in [0.1, 0.15) is 5.56 Å². The third kappa shape index (κ3) is 1.40. The second kappa shape index (κ2) is 3.14. The minimum Gasteiger partial charge on any atom is -0.422 e. The van der Waals surface area contributed by atoms with Gasteiger partial charge in [-0.3, -0.25) is 0 Å². The lowest BCUT2D eigenvalue weighted by molar-refractivity contribution is -0.127. The van der Waals surface area contributed by atoms with Crippen LogP contribution in [0.3, 0.4) is 0 Å². The monoisotopic (exact) mass is 194 g/mol. The first-order valence-corrected chi connectivity index (χ1v) is 4.51. The predicted molar refractivity (Wildman–Crippen MR) is 48.9 cm³/mol. The number of para-hydroxylation sites is 1. The molecule has 1 heterocycles. The molecule has 0 saturated carbocycles. The van der Waals surface area contributed by atoms with E-state index in [0.29, 0.717) is 12.2 Å². The van der Waals surface area contributed by atoms with Gasteiger partial charge in [0.05, 0.1) is 0 Å². The van der Waals surface area contributed by atoms with E-state index in [0.717, 1.165) is 5.56 Å². The molecule has 66 valence electrons. The number of rotatable bonds is 0. The summed E-state index contributed by atoms with van der Waals surface area (Å²) in [7, 11) is 0. The molecule has 1 aromatic rings. The normalized spacial score (nSPS) is 14.8. The highest BCUT2D eigenvalue weighted by atomic mass is 32.1. The number of carbonyl (C=O) groups is 1. The van der Waals surface area contributed by atoms with Gasteiger partial charge in [-0.25, -0.2) is 9.00 Å².